The van der Waals surface area contributed by atoms with Gasteiger partial charge in [-0.3, -0.25) is 4.79 Å². The average molecular weight is 310 g/mol. The molecule has 1 aliphatic carbocycles. The topological polar surface area (TPSA) is 51.0 Å². The van der Waals surface area contributed by atoms with Crippen molar-refractivity contribution in [2.45, 2.75) is 38.3 Å². The van der Waals surface area contributed by atoms with Crippen LogP contribution in [0.5, 0.6) is 0 Å². The van der Waals surface area contributed by atoms with E-state index in [2.05, 4.69) is 22.4 Å². The van der Waals surface area contributed by atoms with Crippen molar-refractivity contribution < 1.29 is 4.79 Å². The highest BCUT2D eigenvalue weighted by atomic mass is 16.2. The van der Waals surface area contributed by atoms with Crippen LogP contribution >= 0.6 is 0 Å². The number of hydrogen-bond donors (Lipinski definition) is 0. The van der Waals surface area contributed by atoms with E-state index in [1.807, 2.05) is 36.3 Å². The lowest BCUT2D eigenvalue weighted by atomic mass is 10.2. The molecule has 3 rings (SSSR count). The van der Waals surface area contributed by atoms with Crippen molar-refractivity contribution >= 4 is 12.0 Å². The molecule has 120 valence electrons. The fraction of sp³-hybridized carbons (Fsp3) is 0.389. The van der Waals surface area contributed by atoms with Crippen LogP contribution in [0.15, 0.2) is 42.6 Å². The summed E-state index contributed by atoms with van der Waals surface area (Å²) in [6.07, 6.45) is 9.86. The molecule has 0 spiro atoms. The second-order valence-electron chi connectivity index (χ2n) is 6.05. The maximum absolute atomic E-state index is 12.2. The standard InChI is InChI=1S/C18H22N4O/c1-21(17-9-5-6-10-17)18(23)12-11-16-14-22(20-19-16)13-15-7-3-2-4-8-15/h2-4,7-8,11-12,14,17H,5-6,9-10,13H2,1H3/b12-11+. The van der Waals surface area contributed by atoms with E-state index in [1.54, 1.807) is 16.8 Å². The molecule has 23 heavy (non-hydrogen) atoms. The van der Waals surface area contributed by atoms with Crippen LogP contribution in [0.4, 0.5) is 0 Å². The van der Waals surface area contributed by atoms with E-state index >= 15 is 0 Å². The minimum absolute atomic E-state index is 0.0366. The second kappa shape index (κ2) is 7.22. The first kappa shape index (κ1) is 15.5. The average Bonchev–Trinajstić information content (AvgIpc) is 3.25. The van der Waals surface area contributed by atoms with Gasteiger partial charge in [-0.05, 0) is 24.5 Å². The van der Waals surface area contributed by atoms with Gasteiger partial charge in [0, 0.05) is 19.2 Å². The minimum Gasteiger partial charge on any atom is -0.339 e. The first-order valence-corrected chi connectivity index (χ1v) is 8.11. The molecule has 1 heterocycles. The number of hydrogen-bond acceptors (Lipinski definition) is 3. The Bertz CT molecular complexity index is 671. The van der Waals surface area contributed by atoms with Gasteiger partial charge >= 0.3 is 0 Å². The van der Waals surface area contributed by atoms with Gasteiger partial charge in [0.05, 0.1) is 12.7 Å². The van der Waals surface area contributed by atoms with Crippen LogP contribution in [-0.2, 0) is 11.3 Å². The van der Waals surface area contributed by atoms with Gasteiger partial charge in [0.25, 0.3) is 0 Å². The van der Waals surface area contributed by atoms with Gasteiger partial charge in [-0.25, -0.2) is 4.68 Å². The number of amides is 1. The Hall–Kier alpha value is -2.43. The number of rotatable bonds is 5. The fourth-order valence-corrected chi connectivity index (χ4v) is 2.98. The quantitative estimate of drug-likeness (QED) is 0.798. The van der Waals surface area contributed by atoms with Gasteiger partial charge < -0.3 is 4.90 Å². The van der Waals surface area contributed by atoms with Crippen LogP contribution < -0.4 is 0 Å². The Balaban J connectivity index is 1.58. The minimum atomic E-state index is 0.0366. The summed E-state index contributed by atoms with van der Waals surface area (Å²) in [5, 5.41) is 8.20. The summed E-state index contributed by atoms with van der Waals surface area (Å²) in [7, 11) is 1.88. The van der Waals surface area contributed by atoms with E-state index in [9.17, 15) is 4.79 Å². The summed E-state index contributed by atoms with van der Waals surface area (Å²) < 4.78 is 1.78. The smallest absolute Gasteiger partial charge is 0.246 e. The molecule has 0 unspecified atom stereocenters. The third-order valence-corrected chi connectivity index (χ3v) is 4.36. The normalized spacial score (nSPS) is 15.3. The molecule has 5 nitrogen and oxygen atoms in total. The predicted octanol–water partition coefficient (Wildman–Crippen LogP) is 2.74. The van der Waals surface area contributed by atoms with Crippen LogP contribution in [0.1, 0.15) is 36.9 Å². The lowest BCUT2D eigenvalue weighted by molar-refractivity contribution is -0.126. The molecule has 0 bridgehead atoms. The molecule has 0 atom stereocenters. The zero-order valence-electron chi connectivity index (χ0n) is 13.4. The third kappa shape index (κ3) is 4.06. The van der Waals surface area contributed by atoms with Crippen LogP contribution in [0.2, 0.25) is 0 Å². The highest BCUT2D eigenvalue weighted by Crippen LogP contribution is 2.22. The number of benzene rings is 1. The molecule has 2 aromatic rings. The summed E-state index contributed by atoms with van der Waals surface area (Å²) >= 11 is 0. The molecule has 1 aliphatic rings. The SMILES string of the molecule is CN(C(=O)/C=C/c1cn(Cc2ccccc2)nn1)C1CCCC1. The van der Waals surface area contributed by atoms with Crippen molar-refractivity contribution in [1.82, 2.24) is 19.9 Å². The lowest BCUT2D eigenvalue weighted by Gasteiger charge is -2.22. The molecule has 0 saturated heterocycles. The number of carbonyl (C=O) groups excluding carboxylic acids is 1. The first-order chi connectivity index (χ1) is 11.2. The molecule has 1 fully saturated rings. The van der Waals surface area contributed by atoms with Gasteiger partial charge in [0.1, 0.15) is 5.69 Å². The fourth-order valence-electron chi connectivity index (χ4n) is 2.98. The Labute approximate surface area is 136 Å². The maximum Gasteiger partial charge on any atom is 0.246 e. The highest BCUT2D eigenvalue weighted by Gasteiger charge is 2.21. The van der Waals surface area contributed by atoms with E-state index in [-0.39, 0.29) is 5.91 Å². The van der Waals surface area contributed by atoms with Crippen molar-refractivity contribution in [3.63, 3.8) is 0 Å². The molecule has 1 aromatic carbocycles. The summed E-state index contributed by atoms with van der Waals surface area (Å²) in [4.78, 5) is 14.0. The van der Waals surface area contributed by atoms with Gasteiger partial charge in [-0.1, -0.05) is 48.4 Å². The molecule has 5 heteroatoms. The monoisotopic (exact) mass is 310 g/mol. The van der Waals surface area contributed by atoms with Crippen molar-refractivity contribution in [3.05, 3.63) is 53.9 Å². The molecule has 1 amide bonds. The third-order valence-electron chi connectivity index (χ3n) is 4.36. The largest absolute Gasteiger partial charge is 0.339 e. The maximum atomic E-state index is 12.2. The zero-order chi connectivity index (χ0) is 16.1. The molecule has 1 aromatic heterocycles. The predicted molar refractivity (Wildman–Crippen MR) is 89.6 cm³/mol. The summed E-state index contributed by atoms with van der Waals surface area (Å²) in [5.41, 5.74) is 1.87. The van der Waals surface area contributed by atoms with E-state index in [0.717, 1.165) is 12.8 Å². The van der Waals surface area contributed by atoms with Crippen LogP contribution in [0.25, 0.3) is 6.08 Å². The Morgan fingerprint density at radius 2 is 2.04 bits per heavy atom. The van der Waals surface area contributed by atoms with E-state index in [1.165, 1.54) is 18.4 Å². The van der Waals surface area contributed by atoms with Gasteiger partial charge in [0.2, 0.25) is 5.91 Å². The second-order valence-corrected chi connectivity index (χ2v) is 6.05. The molecule has 0 aliphatic heterocycles. The van der Waals surface area contributed by atoms with Crippen LogP contribution in [0.3, 0.4) is 0 Å². The number of aromatic nitrogens is 3. The van der Waals surface area contributed by atoms with Gasteiger partial charge in [0.15, 0.2) is 0 Å². The molecule has 1 saturated carbocycles. The van der Waals surface area contributed by atoms with Crippen LogP contribution in [-0.4, -0.2) is 38.9 Å². The number of carbonyl (C=O) groups is 1. The van der Waals surface area contributed by atoms with Gasteiger partial charge in [-0.2, -0.15) is 0 Å². The first-order valence-electron chi connectivity index (χ1n) is 8.11. The molecule has 0 N–H and O–H groups in total. The van der Waals surface area contributed by atoms with Crippen molar-refractivity contribution in [2.75, 3.05) is 7.05 Å². The lowest BCUT2D eigenvalue weighted by Crippen LogP contribution is -2.33. The number of nitrogens with zero attached hydrogens (tertiary/aromatic N) is 4. The van der Waals surface area contributed by atoms with E-state index < -0.39 is 0 Å². The van der Waals surface area contributed by atoms with E-state index in [4.69, 9.17) is 0 Å². The summed E-state index contributed by atoms with van der Waals surface area (Å²) in [5.74, 6) is 0.0366. The Morgan fingerprint density at radius 3 is 2.78 bits per heavy atom. The van der Waals surface area contributed by atoms with Crippen molar-refractivity contribution in [1.29, 1.82) is 0 Å². The molecular formula is C18H22N4O. The highest BCUT2D eigenvalue weighted by molar-refractivity contribution is 5.91. The molecule has 0 radical (unpaired) electrons. The van der Waals surface area contributed by atoms with Crippen LogP contribution in [0, 0.1) is 0 Å². The molecular weight excluding hydrogens is 288 g/mol. The van der Waals surface area contributed by atoms with Crippen molar-refractivity contribution in [2.24, 2.45) is 0 Å². The Morgan fingerprint density at radius 1 is 1.30 bits per heavy atom. The van der Waals surface area contributed by atoms with Gasteiger partial charge in [-0.15, -0.1) is 5.10 Å². The Kier molecular flexibility index (Phi) is 4.86. The summed E-state index contributed by atoms with van der Waals surface area (Å²) in [6, 6.07) is 10.5. The zero-order valence-corrected chi connectivity index (χ0v) is 13.4. The van der Waals surface area contributed by atoms with E-state index in [0.29, 0.717) is 18.3 Å². The summed E-state index contributed by atoms with van der Waals surface area (Å²) in [6.45, 7) is 0.678. The number of likely N-dealkylation sites (N-methyl/N-ethyl adjacent to an activating group) is 1. The van der Waals surface area contributed by atoms with Crippen molar-refractivity contribution in [3.8, 4) is 0 Å².